The minimum absolute atomic E-state index is 0.0814. The highest BCUT2D eigenvalue weighted by Crippen LogP contribution is 2.46. The maximum absolute atomic E-state index is 13.0. The zero-order valence-corrected chi connectivity index (χ0v) is 20.3. The Labute approximate surface area is 209 Å². The van der Waals surface area contributed by atoms with Crippen molar-refractivity contribution in [2.24, 2.45) is 0 Å². The SMILES string of the molecule is Cc1cccc(NC(=O)COc2ccc(C3C4=C(CCCC4=O)NC4=C3C(=O)CCC4)cc2Cl)c1. The number of dihydropyridines is 1. The molecule has 5 rings (SSSR count). The van der Waals surface area contributed by atoms with Crippen LogP contribution in [0.2, 0.25) is 5.02 Å². The topological polar surface area (TPSA) is 84.5 Å². The number of hydrogen-bond acceptors (Lipinski definition) is 5. The number of carbonyl (C=O) groups excluding carboxylic acids is 3. The van der Waals surface area contributed by atoms with Crippen molar-refractivity contribution in [1.82, 2.24) is 5.32 Å². The van der Waals surface area contributed by atoms with Gasteiger partial charge in [0.25, 0.3) is 5.91 Å². The molecule has 0 saturated carbocycles. The Bertz CT molecular complexity index is 1250. The van der Waals surface area contributed by atoms with E-state index in [1.165, 1.54) is 0 Å². The molecule has 2 aromatic carbocycles. The van der Waals surface area contributed by atoms with Crippen molar-refractivity contribution in [2.45, 2.75) is 51.4 Å². The van der Waals surface area contributed by atoms with Gasteiger partial charge in [-0.3, -0.25) is 14.4 Å². The highest BCUT2D eigenvalue weighted by Gasteiger charge is 2.40. The molecule has 35 heavy (non-hydrogen) atoms. The van der Waals surface area contributed by atoms with Crippen molar-refractivity contribution in [1.29, 1.82) is 0 Å². The molecular weight excluding hydrogens is 464 g/mol. The molecule has 180 valence electrons. The second kappa shape index (κ2) is 9.70. The largest absolute Gasteiger partial charge is 0.482 e. The lowest BCUT2D eigenvalue weighted by atomic mass is 9.71. The summed E-state index contributed by atoms with van der Waals surface area (Å²) >= 11 is 6.56. The molecule has 1 aliphatic heterocycles. The zero-order valence-electron chi connectivity index (χ0n) is 19.6. The summed E-state index contributed by atoms with van der Waals surface area (Å²) in [6.07, 6.45) is 4.19. The maximum atomic E-state index is 13.0. The molecule has 2 N–H and O–H groups in total. The molecule has 0 atom stereocenters. The fraction of sp³-hybridized carbons (Fsp3) is 0.321. The van der Waals surface area contributed by atoms with Gasteiger partial charge in [-0.25, -0.2) is 0 Å². The number of amides is 1. The lowest BCUT2D eigenvalue weighted by Gasteiger charge is -2.37. The van der Waals surface area contributed by atoms with Crippen molar-refractivity contribution in [3.05, 3.63) is 81.2 Å². The van der Waals surface area contributed by atoms with Crippen LogP contribution < -0.4 is 15.4 Å². The predicted octanol–water partition coefficient (Wildman–Crippen LogP) is 5.37. The second-order valence-corrected chi connectivity index (χ2v) is 9.70. The standard InChI is InChI=1S/C28H27ClN2O4/c1-16-5-2-6-18(13-16)30-25(34)15-35-24-12-11-17(14-19(24)29)26-27-20(7-3-9-22(27)32)31-21-8-4-10-23(33)28(21)26/h2,5-6,11-14,26,31H,3-4,7-10,15H2,1H3,(H,30,34). The number of rotatable bonds is 5. The van der Waals surface area contributed by atoms with E-state index in [0.717, 1.165) is 48.2 Å². The Morgan fingerprint density at radius 3 is 2.31 bits per heavy atom. The molecule has 6 nitrogen and oxygen atoms in total. The van der Waals surface area contributed by atoms with Crippen LogP contribution in [-0.4, -0.2) is 24.1 Å². The van der Waals surface area contributed by atoms with Crippen LogP contribution in [0.25, 0.3) is 0 Å². The van der Waals surface area contributed by atoms with E-state index in [1.807, 2.05) is 37.3 Å². The summed E-state index contributed by atoms with van der Waals surface area (Å²) in [6, 6.07) is 12.8. The maximum Gasteiger partial charge on any atom is 0.262 e. The number of Topliss-reactive ketones (excluding diaryl/α,β-unsaturated/α-hetero) is 2. The van der Waals surface area contributed by atoms with Crippen molar-refractivity contribution in [2.75, 3.05) is 11.9 Å². The highest BCUT2D eigenvalue weighted by molar-refractivity contribution is 6.32. The Hall–Kier alpha value is -3.38. The molecule has 0 saturated heterocycles. The Balaban J connectivity index is 1.38. The van der Waals surface area contributed by atoms with Crippen molar-refractivity contribution in [3.8, 4) is 5.75 Å². The third kappa shape index (κ3) is 4.76. The van der Waals surface area contributed by atoms with E-state index in [0.29, 0.717) is 40.4 Å². The van der Waals surface area contributed by atoms with Crippen LogP contribution in [0.5, 0.6) is 5.75 Å². The number of carbonyl (C=O) groups is 3. The monoisotopic (exact) mass is 490 g/mol. The summed E-state index contributed by atoms with van der Waals surface area (Å²) in [5, 5.41) is 6.56. The van der Waals surface area contributed by atoms with Gasteiger partial charge >= 0.3 is 0 Å². The Kier molecular flexibility index (Phi) is 6.48. The molecule has 0 bridgehead atoms. The van der Waals surface area contributed by atoms with E-state index < -0.39 is 5.92 Å². The fourth-order valence-corrected chi connectivity index (χ4v) is 5.44. The lowest BCUT2D eigenvalue weighted by Crippen LogP contribution is -2.36. The first-order chi connectivity index (χ1) is 16.9. The second-order valence-electron chi connectivity index (χ2n) is 9.29. The molecule has 0 unspecified atom stereocenters. The number of anilines is 1. The van der Waals surface area contributed by atoms with E-state index in [4.69, 9.17) is 16.3 Å². The fourth-order valence-electron chi connectivity index (χ4n) is 5.19. The first-order valence-corrected chi connectivity index (χ1v) is 12.4. The highest BCUT2D eigenvalue weighted by atomic mass is 35.5. The third-order valence-corrected chi connectivity index (χ3v) is 7.04. The number of halogens is 1. The normalized spacial score (nSPS) is 18.1. The van der Waals surface area contributed by atoms with Gasteiger partial charge in [0.1, 0.15) is 5.75 Å². The average molecular weight is 491 g/mol. The van der Waals surface area contributed by atoms with Crippen LogP contribution in [0.4, 0.5) is 5.69 Å². The summed E-state index contributed by atoms with van der Waals surface area (Å²) in [4.78, 5) is 38.3. The zero-order chi connectivity index (χ0) is 24.5. The van der Waals surface area contributed by atoms with Crippen LogP contribution in [0, 0.1) is 6.92 Å². The number of nitrogens with one attached hydrogen (secondary N) is 2. The van der Waals surface area contributed by atoms with Crippen LogP contribution in [0.1, 0.15) is 55.6 Å². The molecule has 0 aromatic heterocycles. The van der Waals surface area contributed by atoms with Crippen LogP contribution >= 0.6 is 11.6 Å². The number of allylic oxidation sites excluding steroid dienone is 4. The predicted molar refractivity (Wildman–Crippen MR) is 134 cm³/mol. The number of ether oxygens (including phenoxy) is 1. The number of benzene rings is 2. The molecular formula is C28H27ClN2O4. The summed E-state index contributed by atoms with van der Waals surface area (Å²) in [7, 11) is 0. The molecule has 2 aliphatic carbocycles. The van der Waals surface area contributed by atoms with Gasteiger partial charge in [0.15, 0.2) is 18.2 Å². The van der Waals surface area contributed by atoms with Crippen molar-refractivity contribution in [3.63, 3.8) is 0 Å². The summed E-state index contributed by atoms with van der Waals surface area (Å²) in [5.41, 5.74) is 5.78. The van der Waals surface area contributed by atoms with Crippen molar-refractivity contribution >= 4 is 34.8 Å². The van der Waals surface area contributed by atoms with Gasteiger partial charge in [-0.05, 0) is 68.0 Å². The van der Waals surface area contributed by atoms with E-state index >= 15 is 0 Å². The molecule has 1 heterocycles. The minimum Gasteiger partial charge on any atom is -0.482 e. The molecule has 3 aliphatic rings. The number of ketones is 2. The summed E-state index contributed by atoms with van der Waals surface area (Å²) in [5.74, 6) is -0.176. The van der Waals surface area contributed by atoms with Crippen LogP contribution in [0.3, 0.4) is 0 Å². The van der Waals surface area contributed by atoms with E-state index in [9.17, 15) is 14.4 Å². The van der Waals surface area contributed by atoms with E-state index in [1.54, 1.807) is 12.1 Å². The summed E-state index contributed by atoms with van der Waals surface area (Å²) < 4.78 is 5.68. The molecule has 7 heteroatoms. The Morgan fingerprint density at radius 1 is 1.00 bits per heavy atom. The van der Waals surface area contributed by atoms with Gasteiger partial charge < -0.3 is 15.4 Å². The van der Waals surface area contributed by atoms with Gasteiger partial charge in [-0.1, -0.05) is 29.8 Å². The minimum atomic E-state index is -0.419. The van der Waals surface area contributed by atoms with E-state index in [-0.39, 0.29) is 24.1 Å². The van der Waals surface area contributed by atoms with Gasteiger partial charge in [0.2, 0.25) is 0 Å². The van der Waals surface area contributed by atoms with Crippen molar-refractivity contribution < 1.29 is 19.1 Å². The average Bonchev–Trinajstić information content (AvgIpc) is 2.82. The van der Waals surface area contributed by atoms with Gasteiger partial charge in [0, 0.05) is 47.0 Å². The first-order valence-electron chi connectivity index (χ1n) is 12.0. The molecule has 1 amide bonds. The van der Waals surface area contributed by atoms with Crippen LogP contribution in [-0.2, 0) is 14.4 Å². The smallest absolute Gasteiger partial charge is 0.262 e. The quantitative estimate of drug-likeness (QED) is 0.588. The van der Waals surface area contributed by atoms with Gasteiger partial charge in [-0.2, -0.15) is 0 Å². The van der Waals surface area contributed by atoms with Crippen LogP contribution in [0.15, 0.2) is 65.0 Å². The van der Waals surface area contributed by atoms with Gasteiger partial charge in [0.05, 0.1) is 5.02 Å². The first kappa shape index (κ1) is 23.4. The molecule has 2 aromatic rings. The Morgan fingerprint density at radius 2 is 1.69 bits per heavy atom. The molecule has 0 spiro atoms. The number of aryl methyl sites for hydroxylation is 1. The number of hydrogen-bond donors (Lipinski definition) is 2. The lowest BCUT2D eigenvalue weighted by molar-refractivity contribution is -0.118. The third-order valence-electron chi connectivity index (χ3n) is 6.74. The summed E-state index contributed by atoms with van der Waals surface area (Å²) in [6.45, 7) is 1.76. The molecule has 0 radical (unpaired) electrons. The van der Waals surface area contributed by atoms with Gasteiger partial charge in [-0.15, -0.1) is 0 Å². The van der Waals surface area contributed by atoms with E-state index in [2.05, 4.69) is 10.6 Å². The molecule has 0 fully saturated rings.